The fourth-order valence-electron chi connectivity index (χ4n) is 4.62. The van der Waals surface area contributed by atoms with Crippen LogP contribution < -0.4 is 4.90 Å². The first-order valence-electron chi connectivity index (χ1n) is 10.6. The van der Waals surface area contributed by atoms with Crippen LogP contribution in [0.3, 0.4) is 0 Å². The van der Waals surface area contributed by atoms with Gasteiger partial charge >= 0.3 is 0 Å². The van der Waals surface area contributed by atoms with Crippen molar-refractivity contribution < 1.29 is 13.7 Å². The van der Waals surface area contributed by atoms with E-state index >= 15 is 0 Å². The second-order valence-corrected chi connectivity index (χ2v) is 8.13. The predicted octanol–water partition coefficient (Wildman–Crippen LogP) is 4.12. The number of benzene rings is 1. The van der Waals surface area contributed by atoms with Gasteiger partial charge < -0.3 is 13.8 Å². The summed E-state index contributed by atoms with van der Waals surface area (Å²) in [5.74, 6) is 1.56. The maximum Gasteiger partial charge on any atom is 0.275 e. The highest BCUT2D eigenvalue weighted by molar-refractivity contribution is 5.97. The molecule has 8 heteroatoms. The van der Waals surface area contributed by atoms with E-state index < -0.39 is 0 Å². The number of amides is 1. The fourth-order valence-corrected chi connectivity index (χ4v) is 4.62. The van der Waals surface area contributed by atoms with E-state index in [1.54, 1.807) is 18.4 Å². The number of furan rings is 1. The molecule has 6 rings (SSSR count). The molecule has 0 saturated carbocycles. The molecule has 8 nitrogen and oxygen atoms in total. The van der Waals surface area contributed by atoms with Gasteiger partial charge in [-0.05, 0) is 55.0 Å². The topological polar surface area (TPSA) is 101 Å². The molecule has 1 fully saturated rings. The molecule has 1 aromatic carbocycles. The smallest absolute Gasteiger partial charge is 0.275 e. The van der Waals surface area contributed by atoms with Gasteiger partial charge in [0.1, 0.15) is 11.4 Å². The third-order valence-electron chi connectivity index (χ3n) is 6.18. The van der Waals surface area contributed by atoms with E-state index in [9.17, 15) is 4.79 Å². The standard InChI is InChI=1S/C23H21N5O3/c29-21-11-15(13-28(21)19-8-3-6-14-5-1-2-7-16(14)19)22-24-23(31-27-22)18-12-17(25-26-18)20-9-4-10-30-20/h3-4,6,8-10,12,15H,1-2,5,7,11,13H2,(H,25,26). The van der Waals surface area contributed by atoms with Gasteiger partial charge in [-0.25, -0.2) is 0 Å². The molecule has 1 unspecified atom stereocenters. The molecule has 156 valence electrons. The average molecular weight is 415 g/mol. The lowest BCUT2D eigenvalue weighted by Gasteiger charge is -2.25. The Balaban J connectivity index is 1.24. The number of rotatable bonds is 4. The Hall–Kier alpha value is -3.68. The maximum absolute atomic E-state index is 12.9. The lowest BCUT2D eigenvalue weighted by Crippen LogP contribution is -2.26. The van der Waals surface area contributed by atoms with Crippen LogP contribution >= 0.6 is 0 Å². The lowest BCUT2D eigenvalue weighted by atomic mass is 9.90. The van der Waals surface area contributed by atoms with Gasteiger partial charge in [-0.3, -0.25) is 9.89 Å². The normalized spacial score (nSPS) is 18.5. The number of aryl methyl sites for hydroxylation is 1. The molecule has 1 saturated heterocycles. The Kier molecular flexibility index (Phi) is 4.22. The first-order valence-corrected chi connectivity index (χ1v) is 10.6. The van der Waals surface area contributed by atoms with Gasteiger partial charge in [-0.1, -0.05) is 17.3 Å². The van der Waals surface area contributed by atoms with E-state index in [4.69, 9.17) is 8.94 Å². The number of carbonyl (C=O) groups is 1. The minimum atomic E-state index is -0.100. The zero-order valence-electron chi connectivity index (χ0n) is 16.9. The van der Waals surface area contributed by atoms with Crippen LogP contribution in [0, 0.1) is 0 Å². The van der Waals surface area contributed by atoms with E-state index in [1.807, 2.05) is 11.0 Å². The highest BCUT2D eigenvalue weighted by Gasteiger charge is 2.36. The van der Waals surface area contributed by atoms with Crippen molar-refractivity contribution in [3.05, 3.63) is 59.6 Å². The number of fused-ring (bicyclic) bond motifs is 1. The van der Waals surface area contributed by atoms with Gasteiger partial charge in [-0.2, -0.15) is 10.1 Å². The summed E-state index contributed by atoms with van der Waals surface area (Å²) in [6.45, 7) is 0.564. The van der Waals surface area contributed by atoms with Crippen molar-refractivity contribution in [2.45, 2.75) is 38.0 Å². The number of hydrogen-bond acceptors (Lipinski definition) is 6. The van der Waals surface area contributed by atoms with Crippen LogP contribution in [0.1, 0.15) is 42.1 Å². The van der Waals surface area contributed by atoms with Gasteiger partial charge in [-0.15, -0.1) is 0 Å². The summed E-state index contributed by atoms with van der Waals surface area (Å²) in [6, 6.07) is 11.7. The predicted molar refractivity (Wildman–Crippen MR) is 112 cm³/mol. The summed E-state index contributed by atoms with van der Waals surface area (Å²) in [6.07, 6.45) is 6.49. The van der Waals surface area contributed by atoms with Gasteiger partial charge in [0.15, 0.2) is 11.6 Å². The monoisotopic (exact) mass is 415 g/mol. The molecule has 31 heavy (non-hydrogen) atoms. The zero-order valence-corrected chi connectivity index (χ0v) is 16.9. The van der Waals surface area contributed by atoms with E-state index in [2.05, 4.69) is 38.5 Å². The first kappa shape index (κ1) is 18.1. The third kappa shape index (κ3) is 3.15. The Bertz CT molecular complexity index is 1240. The molecule has 0 bridgehead atoms. The minimum absolute atomic E-state index is 0.100. The van der Waals surface area contributed by atoms with Crippen LogP contribution in [0.5, 0.6) is 0 Å². The van der Waals surface area contributed by atoms with Gasteiger partial charge in [0.25, 0.3) is 5.89 Å². The average Bonchev–Trinajstić information content (AvgIpc) is 3.59. The SMILES string of the molecule is O=C1CC(c2noc(-c3cc(-c4ccco4)n[nH]3)n2)CN1c1cccc2c1CCCC2. The van der Waals surface area contributed by atoms with Crippen LogP contribution in [0.2, 0.25) is 0 Å². The zero-order chi connectivity index (χ0) is 20.8. The van der Waals surface area contributed by atoms with E-state index in [0.29, 0.717) is 41.8 Å². The van der Waals surface area contributed by atoms with Gasteiger partial charge in [0.2, 0.25) is 5.91 Å². The van der Waals surface area contributed by atoms with Crippen LogP contribution in [0.25, 0.3) is 23.0 Å². The summed E-state index contributed by atoms with van der Waals surface area (Å²) in [7, 11) is 0. The highest BCUT2D eigenvalue weighted by Crippen LogP contribution is 2.36. The Morgan fingerprint density at radius 1 is 1.13 bits per heavy atom. The second kappa shape index (κ2) is 7.23. The molecule has 1 aliphatic carbocycles. The summed E-state index contributed by atoms with van der Waals surface area (Å²) < 4.78 is 10.8. The highest BCUT2D eigenvalue weighted by atomic mass is 16.5. The molecule has 1 N–H and O–H groups in total. The van der Waals surface area contributed by atoms with Crippen molar-refractivity contribution in [3.8, 4) is 23.0 Å². The van der Waals surface area contributed by atoms with Crippen LogP contribution in [0.15, 0.2) is 51.6 Å². The van der Waals surface area contributed by atoms with E-state index in [0.717, 1.165) is 18.5 Å². The van der Waals surface area contributed by atoms with Crippen molar-refractivity contribution in [3.63, 3.8) is 0 Å². The molecule has 1 aliphatic heterocycles. The van der Waals surface area contributed by atoms with E-state index in [1.165, 1.54) is 24.0 Å². The minimum Gasteiger partial charge on any atom is -0.463 e. The third-order valence-corrected chi connectivity index (χ3v) is 6.18. The summed E-state index contributed by atoms with van der Waals surface area (Å²) in [4.78, 5) is 19.3. The van der Waals surface area contributed by atoms with Crippen molar-refractivity contribution in [2.24, 2.45) is 0 Å². The Labute approximate surface area is 178 Å². The molecular formula is C23H21N5O3. The van der Waals surface area contributed by atoms with E-state index in [-0.39, 0.29) is 11.8 Å². The molecule has 0 radical (unpaired) electrons. The lowest BCUT2D eigenvalue weighted by molar-refractivity contribution is -0.117. The maximum atomic E-state index is 12.9. The molecule has 4 heterocycles. The summed E-state index contributed by atoms with van der Waals surface area (Å²) in [5.41, 5.74) is 5.01. The van der Waals surface area contributed by atoms with Crippen molar-refractivity contribution >= 4 is 11.6 Å². The number of hydrogen-bond donors (Lipinski definition) is 1. The Morgan fingerprint density at radius 3 is 2.97 bits per heavy atom. The molecule has 1 atom stereocenters. The molecule has 1 amide bonds. The van der Waals surface area contributed by atoms with Crippen LogP contribution in [0.4, 0.5) is 5.69 Å². The summed E-state index contributed by atoms with van der Waals surface area (Å²) >= 11 is 0. The number of nitrogens with one attached hydrogen (secondary N) is 1. The second-order valence-electron chi connectivity index (χ2n) is 8.13. The molecular weight excluding hydrogens is 394 g/mol. The van der Waals surface area contributed by atoms with Crippen LogP contribution in [-0.4, -0.2) is 32.8 Å². The number of H-pyrrole nitrogens is 1. The van der Waals surface area contributed by atoms with Crippen molar-refractivity contribution in [1.82, 2.24) is 20.3 Å². The van der Waals surface area contributed by atoms with Crippen molar-refractivity contribution in [1.29, 1.82) is 0 Å². The van der Waals surface area contributed by atoms with Gasteiger partial charge in [0, 0.05) is 30.6 Å². The number of anilines is 1. The molecule has 3 aromatic heterocycles. The Morgan fingerprint density at radius 2 is 2.06 bits per heavy atom. The molecule has 4 aromatic rings. The number of aromatic nitrogens is 4. The first-order chi connectivity index (χ1) is 15.3. The molecule has 0 spiro atoms. The summed E-state index contributed by atoms with van der Waals surface area (Å²) in [5, 5.41) is 11.3. The van der Waals surface area contributed by atoms with Crippen LogP contribution in [-0.2, 0) is 17.6 Å². The quantitative estimate of drug-likeness (QED) is 0.538. The van der Waals surface area contributed by atoms with Crippen molar-refractivity contribution in [2.75, 3.05) is 11.4 Å². The number of aromatic amines is 1. The fraction of sp³-hybridized carbons (Fsp3) is 0.304. The number of nitrogens with zero attached hydrogens (tertiary/aromatic N) is 4. The number of carbonyl (C=O) groups excluding carboxylic acids is 1. The van der Waals surface area contributed by atoms with Gasteiger partial charge in [0.05, 0.1) is 6.26 Å². The molecule has 2 aliphatic rings. The largest absolute Gasteiger partial charge is 0.463 e.